The highest BCUT2D eigenvalue weighted by Gasteiger charge is 2.24. The highest BCUT2D eigenvalue weighted by molar-refractivity contribution is 5.95. The Morgan fingerprint density at radius 3 is 2.54 bits per heavy atom. The number of benzene rings is 2. The van der Waals surface area contributed by atoms with Crippen molar-refractivity contribution < 1.29 is 23.4 Å². The minimum atomic E-state index is -1.10. The minimum Gasteiger partial charge on any atom is -0.497 e. The summed E-state index contributed by atoms with van der Waals surface area (Å²) in [5, 5.41) is 10.2. The fraction of sp³-hybridized carbons (Fsp3) is 0.300. The van der Waals surface area contributed by atoms with Gasteiger partial charge in [-0.3, -0.25) is 10.2 Å². The minimum absolute atomic E-state index is 0.0831. The molecule has 0 spiro atoms. The van der Waals surface area contributed by atoms with Gasteiger partial charge in [0.2, 0.25) is 0 Å². The fourth-order valence-corrected chi connectivity index (χ4v) is 2.65. The quantitative estimate of drug-likeness (QED) is 0.451. The number of nitrogen functional groups attached to an aromatic ring is 1. The third-order valence-corrected chi connectivity index (χ3v) is 4.11. The van der Waals surface area contributed by atoms with Crippen LogP contribution in [-0.2, 0) is 16.1 Å². The van der Waals surface area contributed by atoms with Gasteiger partial charge in [-0.25, -0.2) is 4.39 Å². The molecule has 0 saturated heterocycles. The molecular weight excluding hydrogens is 365 g/mol. The molecule has 0 aromatic heterocycles. The summed E-state index contributed by atoms with van der Waals surface area (Å²) in [4.78, 5) is 12.7. The Labute approximate surface area is 163 Å². The smallest absolute Gasteiger partial charge is 0.254 e. The third kappa shape index (κ3) is 4.98. The summed E-state index contributed by atoms with van der Waals surface area (Å²) >= 11 is 0. The number of rotatable bonds is 9. The number of methoxy groups -OCH3 is 2. The van der Waals surface area contributed by atoms with Gasteiger partial charge in [-0.1, -0.05) is 12.1 Å². The van der Waals surface area contributed by atoms with Crippen LogP contribution >= 0.6 is 0 Å². The van der Waals surface area contributed by atoms with E-state index in [-0.39, 0.29) is 24.6 Å². The van der Waals surface area contributed by atoms with E-state index < -0.39 is 17.8 Å². The number of amidine groups is 1. The van der Waals surface area contributed by atoms with Crippen LogP contribution in [0.1, 0.15) is 29.7 Å². The summed E-state index contributed by atoms with van der Waals surface area (Å²) < 4.78 is 30.1. The van der Waals surface area contributed by atoms with Gasteiger partial charge in [0, 0.05) is 35.9 Å². The lowest BCUT2D eigenvalue weighted by atomic mass is 10.1. The van der Waals surface area contributed by atoms with Crippen LogP contribution in [0.3, 0.4) is 0 Å². The Hall–Kier alpha value is -3.13. The van der Waals surface area contributed by atoms with Crippen molar-refractivity contribution in [3.05, 3.63) is 58.9 Å². The maximum absolute atomic E-state index is 14.4. The molecule has 0 unspecified atom stereocenters. The van der Waals surface area contributed by atoms with Crippen molar-refractivity contribution in [3.8, 4) is 11.5 Å². The summed E-state index contributed by atoms with van der Waals surface area (Å²) in [5.41, 5.74) is 6.80. The SMILES string of the molecule is CCO[C@H](C(=O)NCc1ccc(C(=N)N)cc1OC)c1ccc(OC)cc1F. The molecule has 0 aliphatic heterocycles. The molecule has 0 bridgehead atoms. The van der Waals surface area contributed by atoms with E-state index in [1.807, 2.05) is 0 Å². The van der Waals surface area contributed by atoms with Crippen LogP contribution in [-0.4, -0.2) is 32.6 Å². The molecule has 0 heterocycles. The average Bonchev–Trinajstić information content (AvgIpc) is 2.70. The van der Waals surface area contributed by atoms with Crippen LogP contribution in [0, 0.1) is 11.2 Å². The molecule has 1 atom stereocenters. The van der Waals surface area contributed by atoms with Gasteiger partial charge in [0.15, 0.2) is 6.10 Å². The van der Waals surface area contributed by atoms with E-state index in [0.717, 1.165) is 0 Å². The van der Waals surface area contributed by atoms with Gasteiger partial charge in [-0.15, -0.1) is 0 Å². The van der Waals surface area contributed by atoms with Crippen LogP contribution in [0.5, 0.6) is 11.5 Å². The number of nitrogens with one attached hydrogen (secondary N) is 2. The van der Waals surface area contributed by atoms with Gasteiger partial charge in [0.25, 0.3) is 5.91 Å². The number of nitrogens with two attached hydrogens (primary N) is 1. The summed E-state index contributed by atoms with van der Waals surface area (Å²) in [7, 11) is 2.92. The molecule has 8 heteroatoms. The van der Waals surface area contributed by atoms with Crippen LogP contribution in [0.2, 0.25) is 0 Å². The molecule has 2 rings (SSSR count). The average molecular weight is 389 g/mol. The molecule has 0 radical (unpaired) electrons. The van der Waals surface area contributed by atoms with E-state index >= 15 is 0 Å². The second kappa shape index (κ2) is 9.70. The number of carbonyl (C=O) groups excluding carboxylic acids is 1. The van der Waals surface area contributed by atoms with Crippen molar-refractivity contribution in [1.29, 1.82) is 5.41 Å². The zero-order valence-corrected chi connectivity index (χ0v) is 16.0. The Bertz CT molecular complexity index is 857. The maximum atomic E-state index is 14.4. The molecular formula is C20H24FN3O4. The van der Waals surface area contributed by atoms with Gasteiger partial charge in [-0.2, -0.15) is 0 Å². The monoisotopic (exact) mass is 389 g/mol. The Morgan fingerprint density at radius 1 is 1.21 bits per heavy atom. The summed E-state index contributed by atoms with van der Waals surface area (Å²) in [5.74, 6) is -0.316. The van der Waals surface area contributed by atoms with Crippen molar-refractivity contribution >= 4 is 11.7 Å². The normalized spacial score (nSPS) is 11.6. The largest absolute Gasteiger partial charge is 0.497 e. The number of hydrogen-bond donors (Lipinski definition) is 3. The topological polar surface area (TPSA) is 107 Å². The molecule has 0 aliphatic carbocycles. The lowest BCUT2D eigenvalue weighted by Gasteiger charge is -2.19. The molecule has 1 amide bonds. The fourth-order valence-electron chi connectivity index (χ4n) is 2.65. The van der Waals surface area contributed by atoms with Crippen molar-refractivity contribution in [1.82, 2.24) is 5.32 Å². The first-order chi connectivity index (χ1) is 13.4. The van der Waals surface area contributed by atoms with Gasteiger partial charge in [0.05, 0.1) is 14.2 Å². The van der Waals surface area contributed by atoms with Gasteiger partial charge >= 0.3 is 0 Å². The molecule has 0 aliphatic rings. The van der Waals surface area contributed by atoms with E-state index in [9.17, 15) is 9.18 Å². The van der Waals surface area contributed by atoms with Gasteiger partial charge < -0.3 is 25.3 Å². The summed E-state index contributed by atoms with van der Waals surface area (Å²) in [6.45, 7) is 2.10. The van der Waals surface area contributed by atoms with Crippen molar-refractivity contribution in [3.63, 3.8) is 0 Å². The van der Waals surface area contributed by atoms with Crippen LogP contribution in [0.4, 0.5) is 4.39 Å². The van der Waals surface area contributed by atoms with E-state index in [4.69, 9.17) is 25.4 Å². The highest BCUT2D eigenvalue weighted by Crippen LogP contribution is 2.25. The number of halogens is 1. The molecule has 7 nitrogen and oxygen atoms in total. The lowest BCUT2D eigenvalue weighted by Crippen LogP contribution is -2.31. The van der Waals surface area contributed by atoms with Gasteiger partial charge in [0.1, 0.15) is 23.2 Å². The van der Waals surface area contributed by atoms with Crippen molar-refractivity contribution in [2.24, 2.45) is 5.73 Å². The third-order valence-electron chi connectivity index (χ3n) is 4.11. The molecule has 2 aromatic rings. The number of hydrogen-bond acceptors (Lipinski definition) is 5. The first kappa shape index (κ1) is 21.2. The second-order valence-corrected chi connectivity index (χ2v) is 5.88. The molecule has 0 fully saturated rings. The van der Waals surface area contributed by atoms with Crippen LogP contribution in [0.25, 0.3) is 0 Å². The Kier molecular flexibility index (Phi) is 7.34. The number of ether oxygens (including phenoxy) is 3. The zero-order valence-electron chi connectivity index (χ0n) is 16.0. The molecule has 0 saturated carbocycles. The van der Waals surface area contributed by atoms with Crippen LogP contribution in [0.15, 0.2) is 36.4 Å². The van der Waals surface area contributed by atoms with E-state index in [1.54, 1.807) is 31.2 Å². The van der Waals surface area contributed by atoms with Crippen molar-refractivity contribution in [2.75, 3.05) is 20.8 Å². The summed E-state index contributed by atoms with van der Waals surface area (Å²) in [6, 6.07) is 9.23. The van der Waals surface area contributed by atoms with Gasteiger partial charge in [-0.05, 0) is 25.1 Å². The van der Waals surface area contributed by atoms with E-state index in [2.05, 4.69) is 5.32 Å². The molecule has 2 aromatic carbocycles. The second-order valence-electron chi connectivity index (χ2n) is 5.88. The number of amides is 1. The molecule has 4 N–H and O–H groups in total. The molecule has 150 valence electrons. The highest BCUT2D eigenvalue weighted by atomic mass is 19.1. The summed E-state index contributed by atoms with van der Waals surface area (Å²) in [6.07, 6.45) is -1.10. The lowest BCUT2D eigenvalue weighted by molar-refractivity contribution is -0.133. The Morgan fingerprint density at radius 2 is 1.96 bits per heavy atom. The first-order valence-electron chi connectivity index (χ1n) is 8.65. The standard InChI is InChI=1S/C20H24FN3O4/c1-4-28-18(15-8-7-14(26-2)10-16(15)21)20(25)24-11-13-6-5-12(19(22)23)9-17(13)27-3/h5-10,18H,4,11H2,1-3H3,(H3,22,23)(H,24,25)/t18-/m0/s1. The number of carbonyl (C=O) groups is 1. The van der Waals surface area contributed by atoms with E-state index in [1.165, 1.54) is 26.4 Å². The molecule has 28 heavy (non-hydrogen) atoms. The van der Waals surface area contributed by atoms with E-state index in [0.29, 0.717) is 22.6 Å². The Balaban J connectivity index is 2.18. The van der Waals surface area contributed by atoms with Crippen molar-refractivity contribution in [2.45, 2.75) is 19.6 Å². The maximum Gasteiger partial charge on any atom is 0.254 e. The predicted molar refractivity (Wildman–Crippen MR) is 103 cm³/mol. The zero-order chi connectivity index (χ0) is 20.7. The predicted octanol–water partition coefficient (Wildman–Crippen LogP) is 2.52. The van der Waals surface area contributed by atoms with Crippen LogP contribution < -0.4 is 20.5 Å². The first-order valence-corrected chi connectivity index (χ1v) is 8.65.